The van der Waals surface area contributed by atoms with Gasteiger partial charge in [-0.05, 0) is 30.4 Å². The van der Waals surface area contributed by atoms with E-state index in [1.54, 1.807) is 16.2 Å². The fourth-order valence-electron chi connectivity index (χ4n) is 2.88. The quantitative estimate of drug-likeness (QED) is 0.668. The van der Waals surface area contributed by atoms with Crippen LogP contribution in [0.25, 0.3) is 0 Å². The first-order chi connectivity index (χ1) is 11.6. The number of hydrogen-bond acceptors (Lipinski definition) is 5. The van der Waals surface area contributed by atoms with Gasteiger partial charge in [0.2, 0.25) is 0 Å². The first kappa shape index (κ1) is 16.3. The van der Waals surface area contributed by atoms with Crippen LogP contribution in [0.15, 0.2) is 35.7 Å². The zero-order valence-corrected chi connectivity index (χ0v) is 13.9. The van der Waals surface area contributed by atoms with E-state index >= 15 is 0 Å². The summed E-state index contributed by atoms with van der Waals surface area (Å²) < 4.78 is 5.19. The Labute approximate surface area is 143 Å². The zero-order chi connectivity index (χ0) is 17.1. The molecule has 1 aliphatic heterocycles. The fourth-order valence-corrected chi connectivity index (χ4v) is 3.75. The minimum Gasteiger partial charge on any atom is -0.495 e. The molecule has 1 saturated heterocycles. The van der Waals surface area contributed by atoms with Crippen LogP contribution in [0, 0.1) is 10.1 Å². The number of hydrogen-bond donors (Lipinski definition) is 1. The number of thiophene rings is 1. The summed E-state index contributed by atoms with van der Waals surface area (Å²) in [5.41, 5.74) is 0.204. The molecule has 0 spiro atoms. The number of ether oxygens (including phenoxy) is 1. The van der Waals surface area contributed by atoms with Gasteiger partial charge in [-0.15, -0.1) is 11.3 Å². The van der Waals surface area contributed by atoms with Crippen molar-refractivity contribution >= 4 is 28.7 Å². The van der Waals surface area contributed by atoms with E-state index in [0.717, 1.165) is 17.7 Å². The van der Waals surface area contributed by atoms with Crippen LogP contribution in [0.2, 0.25) is 0 Å². The molecule has 24 heavy (non-hydrogen) atoms. The van der Waals surface area contributed by atoms with Crippen molar-refractivity contribution in [2.24, 2.45) is 0 Å². The van der Waals surface area contributed by atoms with Crippen molar-refractivity contribution in [2.45, 2.75) is 18.9 Å². The highest BCUT2D eigenvalue weighted by Gasteiger charge is 2.31. The van der Waals surface area contributed by atoms with E-state index in [2.05, 4.69) is 5.32 Å². The van der Waals surface area contributed by atoms with E-state index in [4.69, 9.17) is 4.74 Å². The molecule has 7 nitrogen and oxygen atoms in total. The minimum absolute atomic E-state index is 0.0506. The summed E-state index contributed by atoms with van der Waals surface area (Å²) in [6, 6.07) is 7.91. The summed E-state index contributed by atoms with van der Waals surface area (Å²) in [7, 11) is 1.46. The highest BCUT2D eigenvalue weighted by Crippen LogP contribution is 2.36. The number of nitro benzene ring substituents is 1. The van der Waals surface area contributed by atoms with Crippen LogP contribution in [-0.2, 0) is 0 Å². The third-order valence-corrected chi connectivity index (χ3v) is 4.99. The van der Waals surface area contributed by atoms with Gasteiger partial charge in [0.15, 0.2) is 0 Å². The largest absolute Gasteiger partial charge is 0.495 e. The molecule has 126 valence electrons. The molecular weight excluding hydrogens is 330 g/mol. The first-order valence-corrected chi connectivity index (χ1v) is 8.41. The number of non-ortho nitro benzene ring substituents is 1. The molecule has 0 saturated carbocycles. The predicted octanol–water partition coefficient (Wildman–Crippen LogP) is 4.03. The lowest BCUT2D eigenvalue weighted by atomic mass is 10.2. The number of rotatable bonds is 4. The van der Waals surface area contributed by atoms with Crippen LogP contribution in [0.5, 0.6) is 5.75 Å². The molecule has 2 aromatic rings. The van der Waals surface area contributed by atoms with Gasteiger partial charge in [-0.25, -0.2) is 4.79 Å². The number of carbonyl (C=O) groups excluding carboxylic acids is 1. The van der Waals surface area contributed by atoms with E-state index in [9.17, 15) is 14.9 Å². The zero-order valence-electron chi connectivity index (χ0n) is 13.1. The summed E-state index contributed by atoms with van der Waals surface area (Å²) >= 11 is 1.63. The van der Waals surface area contributed by atoms with Crippen molar-refractivity contribution in [3.05, 3.63) is 50.7 Å². The summed E-state index contributed by atoms with van der Waals surface area (Å²) in [5.74, 6) is 0.390. The van der Waals surface area contributed by atoms with Crippen LogP contribution >= 0.6 is 11.3 Å². The van der Waals surface area contributed by atoms with Gasteiger partial charge in [-0.2, -0.15) is 0 Å². The number of anilines is 1. The van der Waals surface area contributed by atoms with Crippen molar-refractivity contribution in [1.82, 2.24) is 4.90 Å². The van der Waals surface area contributed by atoms with E-state index in [0.29, 0.717) is 18.0 Å². The van der Waals surface area contributed by atoms with Crippen LogP contribution < -0.4 is 10.1 Å². The number of methoxy groups -OCH3 is 1. The summed E-state index contributed by atoms with van der Waals surface area (Å²) in [6.07, 6.45) is 1.85. The number of nitrogens with zero attached hydrogens (tertiary/aromatic N) is 2. The molecule has 0 aliphatic carbocycles. The molecule has 3 rings (SSSR count). The second-order valence-corrected chi connectivity index (χ2v) is 6.42. The molecule has 0 radical (unpaired) electrons. The van der Waals surface area contributed by atoms with Gasteiger partial charge in [-0.3, -0.25) is 10.1 Å². The molecule has 1 atom stereocenters. The first-order valence-electron chi connectivity index (χ1n) is 7.53. The van der Waals surface area contributed by atoms with Crippen molar-refractivity contribution in [3.63, 3.8) is 0 Å². The van der Waals surface area contributed by atoms with Crippen molar-refractivity contribution in [1.29, 1.82) is 0 Å². The molecule has 8 heteroatoms. The summed E-state index contributed by atoms with van der Waals surface area (Å²) in [6.45, 7) is 0.658. The molecule has 1 aromatic carbocycles. The van der Waals surface area contributed by atoms with Gasteiger partial charge in [0.1, 0.15) is 5.75 Å². The highest BCUT2D eigenvalue weighted by atomic mass is 32.1. The molecule has 2 amide bonds. The molecule has 1 aromatic heterocycles. The Kier molecular flexibility index (Phi) is 4.66. The number of amides is 2. The van der Waals surface area contributed by atoms with Gasteiger partial charge in [0.25, 0.3) is 5.69 Å². The molecular formula is C16H17N3O4S. The van der Waals surface area contributed by atoms with Crippen molar-refractivity contribution < 1.29 is 14.5 Å². The Bertz CT molecular complexity index is 748. The third-order valence-electron chi connectivity index (χ3n) is 4.02. The average Bonchev–Trinajstić information content (AvgIpc) is 3.25. The number of nitrogens with one attached hydrogen (secondary N) is 1. The maximum atomic E-state index is 12.7. The standard InChI is InChI=1S/C16H17N3O4S/c1-23-14-7-6-11(19(21)22)10-12(14)17-16(20)18-8-2-4-13(18)15-5-3-9-24-15/h3,5-7,9-10,13H,2,4,8H2,1H3,(H,17,20)/t13-/m1/s1. The van der Waals surface area contributed by atoms with Crippen molar-refractivity contribution in [3.8, 4) is 5.75 Å². The Morgan fingerprint density at radius 3 is 2.96 bits per heavy atom. The normalized spacial score (nSPS) is 16.9. The minimum atomic E-state index is -0.501. The van der Waals surface area contributed by atoms with Crippen LogP contribution in [0.1, 0.15) is 23.8 Å². The van der Waals surface area contributed by atoms with E-state index in [1.807, 2.05) is 17.5 Å². The SMILES string of the molecule is COc1ccc([N+](=O)[O-])cc1NC(=O)N1CCC[C@@H]1c1cccs1. The smallest absolute Gasteiger partial charge is 0.322 e. The van der Waals surface area contributed by atoms with Gasteiger partial charge in [-0.1, -0.05) is 6.07 Å². The van der Waals surface area contributed by atoms with E-state index in [-0.39, 0.29) is 17.8 Å². The average molecular weight is 347 g/mol. The van der Waals surface area contributed by atoms with Crippen LogP contribution in [-0.4, -0.2) is 29.5 Å². The third kappa shape index (κ3) is 3.18. The summed E-state index contributed by atoms with van der Waals surface area (Å²) in [4.78, 5) is 26.0. The number of carbonyl (C=O) groups is 1. The molecule has 1 N–H and O–H groups in total. The highest BCUT2D eigenvalue weighted by molar-refractivity contribution is 7.10. The lowest BCUT2D eigenvalue weighted by Gasteiger charge is -2.24. The predicted molar refractivity (Wildman–Crippen MR) is 91.7 cm³/mol. The van der Waals surface area contributed by atoms with E-state index < -0.39 is 4.92 Å². The number of urea groups is 1. The number of benzene rings is 1. The monoisotopic (exact) mass is 347 g/mol. The molecule has 0 bridgehead atoms. The van der Waals surface area contributed by atoms with Crippen LogP contribution in [0.4, 0.5) is 16.2 Å². The fraction of sp³-hybridized carbons (Fsp3) is 0.312. The lowest BCUT2D eigenvalue weighted by molar-refractivity contribution is -0.384. The van der Waals surface area contributed by atoms with Gasteiger partial charge >= 0.3 is 6.03 Å². The molecule has 1 fully saturated rings. The van der Waals surface area contributed by atoms with Crippen LogP contribution in [0.3, 0.4) is 0 Å². The number of nitro groups is 1. The van der Waals surface area contributed by atoms with Gasteiger partial charge < -0.3 is 15.0 Å². The maximum Gasteiger partial charge on any atom is 0.322 e. The Morgan fingerprint density at radius 2 is 2.29 bits per heavy atom. The second-order valence-electron chi connectivity index (χ2n) is 5.44. The van der Waals surface area contributed by atoms with E-state index in [1.165, 1.54) is 25.3 Å². The Hall–Kier alpha value is -2.61. The summed E-state index contributed by atoms with van der Waals surface area (Å²) in [5, 5.41) is 15.7. The molecule has 1 aliphatic rings. The Morgan fingerprint density at radius 1 is 1.46 bits per heavy atom. The van der Waals surface area contributed by atoms with Crippen molar-refractivity contribution in [2.75, 3.05) is 19.0 Å². The molecule has 2 heterocycles. The maximum absolute atomic E-state index is 12.7. The second kappa shape index (κ2) is 6.88. The number of likely N-dealkylation sites (tertiary alicyclic amines) is 1. The lowest BCUT2D eigenvalue weighted by Crippen LogP contribution is -2.34. The Balaban J connectivity index is 1.81. The van der Waals surface area contributed by atoms with Gasteiger partial charge in [0.05, 0.1) is 23.8 Å². The topological polar surface area (TPSA) is 84.7 Å². The molecule has 0 unspecified atom stereocenters. The van der Waals surface area contributed by atoms with Gasteiger partial charge in [0, 0.05) is 23.6 Å².